The highest BCUT2D eigenvalue weighted by Gasteiger charge is 2.11. The van der Waals surface area contributed by atoms with E-state index in [9.17, 15) is 4.79 Å². The molecule has 1 aromatic carbocycles. The molecule has 1 heterocycles. The van der Waals surface area contributed by atoms with E-state index in [-0.39, 0.29) is 5.91 Å². The number of carbonyl (C=O) groups excluding carboxylic acids is 1. The number of benzene rings is 1. The molecule has 5 heteroatoms. The van der Waals surface area contributed by atoms with Gasteiger partial charge in [-0.2, -0.15) is 0 Å². The zero-order valence-corrected chi connectivity index (χ0v) is 10.0. The number of carbonyl (C=O) groups is 1. The Labute approximate surface area is 104 Å². The first-order chi connectivity index (χ1) is 8.08. The van der Waals surface area contributed by atoms with Crippen molar-refractivity contribution in [2.45, 2.75) is 13.0 Å². The summed E-state index contributed by atoms with van der Waals surface area (Å²) in [4.78, 5) is 15.8. The lowest BCUT2D eigenvalue weighted by atomic mass is 10.2. The predicted octanol–water partition coefficient (Wildman–Crippen LogP) is 2.17. The zero-order chi connectivity index (χ0) is 12.4. The minimum atomic E-state index is -0.576. The first-order valence-electron chi connectivity index (χ1n) is 5.18. The molecule has 0 aliphatic rings. The van der Waals surface area contributed by atoms with Crippen molar-refractivity contribution >= 4 is 34.1 Å². The average molecular weight is 250 g/mol. The Morgan fingerprint density at radius 3 is 3.00 bits per heavy atom. The molecule has 17 heavy (non-hydrogen) atoms. The van der Waals surface area contributed by atoms with Gasteiger partial charge in [0, 0.05) is 16.6 Å². The molecule has 1 unspecified atom stereocenters. The van der Waals surface area contributed by atoms with Crippen LogP contribution in [0.15, 0.2) is 30.5 Å². The molecule has 3 N–H and O–H groups in total. The maximum absolute atomic E-state index is 11.6. The van der Waals surface area contributed by atoms with E-state index in [4.69, 9.17) is 17.3 Å². The summed E-state index contributed by atoms with van der Waals surface area (Å²) in [6.45, 7) is 1.62. The number of nitrogens with one attached hydrogen (secondary N) is 1. The van der Waals surface area contributed by atoms with Crippen molar-refractivity contribution in [3.05, 3.63) is 35.5 Å². The summed E-state index contributed by atoms with van der Waals surface area (Å²) in [5.41, 5.74) is 6.78. The normalized spacial score (nSPS) is 12.4. The fraction of sp³-hybridized carbons (Fsp3) is 0.167. The summed E-state index contributed by atoms with van der Waals surface area (Å²) in [5.74, 6) is -0.265. The average Bonchev–Trinajstić information content (AvgIpc) is 2.28. The molecule has 2 rings (SSSR count). The third-order valence-electron chi connectivity index (χ3n) is 2.34. The molecule has 1 amide bonds. The van der Waals surface area contributed by atoms with Crippen molar-refractivity contribution in [1.29, 1.82) is 0 Å². The van der Waals surface area contributed by atoms with Gasteiger partial charge in [0.25, 0.3) is 0 Å². The van der Waals surface area contributed by atoms with E-state index in [1.807, 2.05) is 12.1 Å². The monoisotopic (exact) mass is 249 g/mol. The van der Waals surface area contributed by atoms with Gasteiger partial charge in [0.15, 0.2) is 0 Å². The number of amides is 1. The van der Waals surface area contributed by atoms with E-state index in [1.54, 1.807) is 25.3 Å². The minimum Gasteiger partial charge on any atom is -0.323 e. The summed E-state index contributed by atoms with van der Waals surface area (Å²) in [6, 6.07) is 6.58. The molecule has 0 radical (unpaired) electrons. The Balaban J connectivity index is 2.49. The fourth-order valence-electron chi connectivity index (χ4n) is 1.50. The lowest BCUT2D eigenvalue weighted by Gasteiger charge is -2.10. The third kappa shape index (κ3) is 2.54. The third-order valence-corrected chi connectivity index (χ3v) is 2.56. The highest BCUT2D eigenvalue weighted by atomic mass is 35.5. The number of hydrogen-bond donors (Lipinski definition) is 2. The Morgan fingerprint density at radius 1 is 1.53 bits per heavy atom. The van der Waals surface area contributed by atoms with E-state index < -0.39 is 6.04 Å². The van der Waals surface area contributed by atoms with Crippen LogP contribution in [0.5, 0.6) is 0 Å². The minimum absolute atomic E-state index is 0.265. The van der Waals surface area contributed by atoms with Crippen LogP contribution in [0.2, 0.25) is 5.02 Å². The second kappa shape index (κ2) is 4.69. The maximum Gasteiger partial charge on any atom is 0.241 e. The van der Waals surface area contributed by atoms with Crippen LogP contribution in [0, 0.1) is 0 Å². The molecule has 0 aliphatic heterocycles. The van der Waals surface area contributed by atoms with Gasteiger partial charge in [-0.1, -0.05) is 17.7 Å². The van der Waals surface area contributed by atoms with Crippen LogP contribution < -0.4 is 11.1 Å². The molecule has 4 nitrogen and oxygen atoms in total. The summed E-state index contributed by atoms with van der Waals surface area (Å²) >= 11 is 5.98. The molecule has 0 spiro atoms. The van der Waals surface area contributed by atoms with Crippen molar-refractivity contribution in [2.24, 2.45) is 5.73 Å². The van der Waals surface area contributed by atoms with Crippen LogP contribution in [0.25, 0.3) is 10.9 Å². The van der Waals surface area contributed by atoms with Gasteiger partial charge in [-0.3, -0.25) is 9.78 Å². The van der Waals surface area contributed by atoms with E-state index >= 15 is 0 Å². The molecule has 0 aliphatic carbocycles. The molecule has 0 bridgehead atoms. The van der Waals surface area contributed by atoms with Crippen LogP contribution in [-0.4, -0.2) is 16.9 Å². The van der Waals surface area contributed by atoms with Gasteiger partial charge in [-0.15, -0.1) is 0 Å². The highest BCUT2D eigenvalue weighted by Crippen LogP contribution is 2.26. The molecule has 1 atom stereocenters. The zero-order valence-electron chi connectivity index (χ0n) is 9.27. The Kier molecular flexibility index (Phi) is 3.26. The lowest BCUT2D eigenvalue weighted by Crippen LogP contribution is -2.32. The predicted molar refractivity (Wildman–Crippen MR) is 69.0 cm³/mol. The SMILES string of the molecule is CC(N)C(=O)Nc1cc(Cl)cc2cccnc12. The Morgan fingerprint density at radius 2 is 2.29 bits per heavy atom. The number of anilines is 1. The van der Waals surface area contributed by atoms with Crippen molar-refractivity contribution in [2.75, 3.05) is 5.32 Å². The molecular formula is C12H12ClN3O. The maximum atomic E-state index is 11.6. The molecule has 0 saturated heterocycles. The van der Waals surface area contributed by atoms with E-state index in [0.29, 0.717) is 16.2 Å². The fourth-order valence-corrected chi connectivity index (χ4v) is 1.72. The van der Waals surface area contributed by atoms with Gasteiger partial charge in [0.1, 0.15) is 0 Å². The van der Waals surface area contributed by atoms with Gasteiger partial charge in [0.2, 0.25) is 5.91 Å². The molecule has 0 fully saturated rings. The second-order valence-corrected chi connectivity index (χ2v) is 4.24. The van der Waals surface area contributed by atoms with Crippen LogP contribution in [0.1, 0.15) is 6.92 Å². The number of nitrogens with zero attached hydrogens (tertiary/aromatic N) is 1. The standard InChI is InChI=1S/C12H12ClN3O/c1-7(14)12(17)16-10-6-9(13)5-8-3-2-4-15-11(8)10/h2-7H,14H2,1H3,(H,16,17). The van der Waals surface area contributed by atoms with Crippen molar-refractivity contribution in [1.82, 2.24) is 4.98 Å². The first-order valence-corrected chi connectivity index (χ1v) is 5.56. The van der Waals surface area contributed by atoms with Crippen LogP contribution >= 0.6 is 11.6 Å². The summed E-state index contributed by atoms with van der Waals surface area (Å²) in [7, 11) is 0. The van der Waals surface area contributed by atoms with E-state index in [1.165, 1.54) is 0 Å². The lowest BCUT2D eigenvalue weighted by molar-refractivity contribution is -0.117. The van der Waals surface area contributed by atoms with E-state index in [2.05, 4.69) is 10.3 Å². The number of nitrogens with two attached hydrogens (primary N) is 1. The van der Waals surface area contributed by atoms with Gasteiger partial charge in [-0.05, 0) is 25.1 Å². The van der Waals surface area contributed by atoms with Crippen LogP contribution in [0.3, 0.4) is 0 Å². The van der Waals surface area contributed by atoms with Crippen molar-refractivity contribution in [3.63, 3.8) is 0 Å². The number of fused-ring (bicyclic) bond motifs is 1. The number of rotatable bonds is 2. The van der Waals surface area contributed by atoms with Crippen LogP contribution in [0.4, 0.5) is 5.69 Å². The largest absolute Gasteiger partial charge is 0.323 e. The first kappa shape index (κ1) is 11.8. The number of aromatic nitrogens is 1. The summed E-state index contributed by atoms with van der Waals surface area (Å²) < 4.78 is 0. The van der Waals surface area contributed by atoms with Crippen molar-refractivity contribution in [3.8, 4) is 0 Å². The quantitative estimate of drug-likeness (QED) is 0.857. The molecule has 88 valence electrons. The topological polar surface area (TPSA) is 68.0 Å². The van der Waals surface area contributed by atoms with E-state index in [0.717, 1.165) is 5.39 Å². The highest BCUT2D eigenvalue weighted by molar-refractivity contribution is 6.32. The molecular weight excluding hydrogens is 238 g/mol. The molecule has 0 saturated carbocycles. The smallest absolute Gasteiger partial charge is 0.241 e. The van der Waals surface area contributed by atoms with Crippen molar-refractivity contribution < 1.29 is 4.79 Å². The summed E-state index contributed by atoms with van der Waals surface area (Å²) in [6.07, 6.45) is 1.66. The van der Waals surface area contributed by atoms with Gasteiger partial charge >= 0.3 is 0 Å². The second-order valence-electron chi connectivity index (χ2n) is 3.81. The Hall–Kier alpha value is -1.65. The van der Waals surface area contributed by atoms with Gasteiger partial charge in [0.05, 0.1) is 17.2 Å². The number of hydrogen-bond acceptors (Lipinski definition) is 3. The Bertz CT molecular complexity index is 569. The van der Waals surface area contributed by atoms with Gasteiger partial charge < -0.3 is 11.1 Å². The molecule has 1 aromatic heterocycles. The van der Waals surface area contributed by atoms with Gasteiger partial charge in [-0.25, -0.2) is 0 Å². The van der Waals surface area contributed by atoms with Crippen LogP contribution in [-0.2, 0) is 4.79 Å². The number of pyridine rings is 1. The number of halogens is 1. The summed E-state index contributed by atoms with van der Waals surface area (Å²) in [5, 5.41) is 4.14. The molecule has 2 aromatic rings.